The summed E-state index contributed by atoms with van der Waals surface area (Å²) in [6, 6.07) is 15.4. The van der Waals surface area contributed by atoms with Crippen molar-refractivity contribution in [3.05, 3.63) is 65.0 Å². The molecule has 3 aromatic rings. The molecule has 0 aliphatic carbocycles. The van der Waals surface area contributed by atoms with Gasteiger partial charge in [0.1, 0.15) is 11.8 Å². The molecule has 0 saturated carbocycles. The van der Waals surface area contributed by atoms with Crippen molar-refractivity contribution in [2.24, 2.45) is 0 Å². The van der Waals surface area contributed by atoms with E-state index in [1.54, 1.807) is 12.3 Å². The second kappa shape index (κ2) is 5.89. The zero-order valence-corrected chi connectivity index (χ0v) is 12.7. The second-order valence-electron chi connectivity index (χ2n) is 5.62. The lowest BCUT2D eigenvalue weighted by atomic mass is 10.0. The minimum Gasteiger partial charge on any atom is -0.463 e. The number of benzene rings is 2. The van der Waals surface area contributed by atoms with Crippen LogP contribution in [0.15, 0.2) is 64.0 Å². The van der Waals surface area contributed by atoms with E-state index in [1.807, 2.05) is 30.3 Å². The zero-order valence-electron chi connectivity index (χ0n) is 12.7. The van der Waals surface area contributed by atoms with Gasteiger partial charge in [-0.05, 0) is 29.8 Å². The largest absolute Gasteiger partial charge is 0.463 e. The summed E-state index contributed by atoms with van der Waals surface area (Å²) < 4.78 is 11.0. The van der Waals surface area contributed by atoms with Crippen LogP contribution in [0.2, 0.25) is 0 Å². The molecule has 0 N–H and O–H groups in total. The number of morpholine rings is 1. The predicted molar refractivity (Wildman–Crippen MR) is 91.0 cm³/mol. The van der Waals surface area contributed by atoms with Crippen molar-refractivity contribution in [1.82, 2.24) is 0 Å². The van der Waals surface area contributed by atoms with E-state index in [0.29, 0.717) is 16.5 Å². The van der Waals surface area contributed by atoms with E-state index in [2.05, 4.69) is 17.0 Å². The first-order chi connectivity index (χ1) is 11.3. The van der Waals surface area contributed by atoms with Crippen molar-refractivity contribution >= 4 is 16.7 Å². The van der Waals surface area contributed by atoms with Crippen LogP contribution >= 0.6 is 0 Å². The zero-order chi connectivity index (χ0) is 15.6. The quantitative estimate of drug-likeness (QED) is 0.728. The molecule has 2 aromatic carbocycles. The first-order valence-electron chi connectivity index (χ1n) is 7.76. The van der Waals surface area contributed by atoms with E-state index in [-0.39, 0.29) is 5.43 Å². The minimum absolute atomic E-state index is 0.00553. The topological polar surface area (TPSA) is 42.7 Å². The third kappa shape index (κ3) is 2.62. The van der Waals surface area contributed by atoms with Gasteiger partial charge in [-0.2, -0.15) is 0 Å². The van der Waals surface area contributed by atoms with Crippen LogP contribution in [0.1, 0.15) is 0 Å². The fourth-order valence-corrected chi connectivity index (χ4v) is 2.95. The van der Waals surface area contributed by atoms with Crippen LogP contribution < -0.4 is 10.3 Å². The van der Waals surface area contributed by atoms with E-state index in [1.165, 1.54) is 0 Å². The molecule has 4 nitrogen and oxygen atoms in total. The molecule has 1 aromatic heterocycles. The highest BCUT2D eigenvalue weighted by Crippen LogP contribution is 2.23. The van der Waals surface area contributed by atoms with Gasteiger partial charge in [-0.3, -0.25) is 4.79 Å². The molecule has 0 radical (unpaired) electrons. The van der Waals surface area contributed by atoms with Crippen LogP contribution in [0, 0.1) is 0 Å². The Morgan fingerprint density at radius 3 is 2.43 bits per heavy atom. The van der Waals surface area contributed by atoms with Crippen LogP contribution in [0.4, 0.5) is 5.69 Å². The molecule has 1 fully saturated rings. The molecule has 0 spiro atoms. The van der Waals surface area contributed by atoms with Gasteiger partial charge in [-0.25, -0.2) is 0 Å². The fourth-order valence-electron chi connectivity index (χ4n) is 2.95. The first-order valence-corrected chi connectivity index (χ1v) is 7.76. The molecular formula is C19H17NO3. The van der Waals surface area contributed by atoms with Crippen molar-refractivity contribution in [1.29, 1.82) is 0 Å². The summed E-state index contributed by atoms with van der Waals surface area (Å²) in [7, 11) is 0. The molecule has 23 heavy (non-hydrogen) atoms. The normalized spacial score (nSPS) is 15.0. The minimum atomic E-state index is 0.00553. The van der Waals surface area contributed by atoms with Gasteiger partial charge in [0.25, 0.3) is 0 Å². The van der Waals surface area contributed by atoms with E-state index in [9.17, 15) is 4.79 Å². The van der Waals surface area contributed by atoms with Gasteiger partial charge in [0, 0.05) is 18.8 Å². The van der Waals surface area contributed by atoms with Crippen molar-refractivity contribution < 1.29 is 9.15 Å². The predicted octanol–water partition coefficient (Wildman–Crippen LogP) is 3.30. The van der Waals surface area contributed by atoms with Gasteiger partial charge < -0.3 is 14.1 Å². The fraction of sp³-hybridized carbons (Fsp3) is 0.211. The van der Waals surface area contributed by atoms with Crippen molar-refractivity contribution in [3.8, 4) is 11.1 Å². The summed E-state index contributed by atoms with van der Waals surface area (Å²) in [5.41, 5.74) is 3.25. The number of para-hydroxylation sites is 1. The molecule has 0 atom stereocenters. The van der Waals surface area contributed by atoms with Gasteiger partial charge in [0.05, 0.1) is 24.2 Å². The van der Waals surface area contributed by atoms with Crippen LogP contribution in [0.25, 0.3) is 22.1 Å². The average Bonchev–Trinajstić information content (AvgIpc) is 2.63. The lowest BCUT2D eigenvalue weighted by Crippen LogP contribution is -2.36. The van der Waals surface area contributed by atoms with Crippen molar-refractivity contribution in [2.45, 2.75) is 0 Å². The molecule has 116 valence electrons. The molecule has 2 heterocycles. The third-order valence-corrected chi connectivity index (χ3v) is 4.23. The van der Waals surface area contributed by atoms with Gasteiger partial charge in [-0.1, -0.05) is 24.3 Å². The monoisotopic (exact) mass is 307 g/mol. The Kier molecular flexibility index (Phi) is 3.60. The average molecular weight is 307 g/mol. The summed E-state index contributed by atoms with van der Waals surface area (Å²) in [5, 5.41) is 0.613. The molecule has 1 aliphatic rings. The molecule has 4 heteroatoms. The summed E-state index contributed by atoms with van der Waals surface area (Å²) in [5.74, 6) is 0. The lowest BCUT2D eigenvalue weighted by Gasteiger charge is -2.28. The van der Waals surface area contributed by atoms with Gasteiger partial charge in [0.2, 0.25) is 0 Å². The Bertz CT molecular complexity index is 877. The number of rotatable bonds is 2. The Labute approximate surface area is 133 Å². The molecule has 4 rings (SSSR count). The Hall–Kier alpha value is -2.59. The number of anilines is 1. The maximum Gasteiger partial charge on any atom is 0.200 e. The van der Waals surface area contributed by atoms with E-state index >= 15 is 0 Å². The van der Waals surface area contributed by atoms with Crippen LogP contribution in [-0.2, 0) is 4.74 Å². The Balaban J connectivity index is 1.70. The third-order valence-electron chi connectivity index (χ3n) is 4.23. The van der Waals surface area contributed by atoms with Gasteiger partial charge in [0.15, 0.2) is 5.43 Å². The van der Waals surface area contributed by atoms with E-state index in [4.69, 9.17) is 9.15 Å². The van der Waals surface area contributed by atoms with Crippen molar-refractivity contribution in [3.63, 3.8) is 0 Å². The number of fused-ring (bicyclic) bond motifs is 1. The van der Waals surface area contributed by atoms with Crippen LogP contribution in [-0.4, -0.2) is 26.3 Å². The van der Waals surface area contributed by atoms with Gasteiger partial charge in [-0.15, -0.1) is 0 Å². The molecular weight excluding hydrogens is 290 g/mol. The standard InChI is InChI=1S/C19H17NO3/c21-19-16-3-1-2-4-18(16)23-13-17(19)14-5-7-15(8-6-14)20-9-11-22-12-10-20/h1-8,13H,9-12H2. The summed E-state index contributed by atoms with van der Waals surface area (Å²) >= 11 is 0. The van der Waals surface area contributed by atoms with Crippen LogP contribution in [0.5, 0.6) is 0 Å². The second-order valence-corrected chi connectivity index (χ2v) is 5.62. The number of hydrogen-bond acceptors (Lipinski definition) is 4. The highest BCUT2D eigenvalue weighted by atomic mass is 16.5. The summed E-state index contributed by atoms with van der Waals surface area (Å²) in [4.78, 5) is 14.9. The Morgan fingerprint density at radius 2 is 1.65 bits per heavy atom. The number of hydrogen-bond donors (Lipinski definition) is 0. The number of ether oxygens (including phenoxy) is 1. The molecule has 1 saturated heterocycles. The highest BCUT2D eigenvalue weighted by Gasteiger charge is 2.12. The first kappa shape index (κ1) is 14.0. The lowest BCUT2D eigenvalue weighted by molar-refractivity contribution is 0.122. The smallest absolute Gasteiger partial charge is 0.200 e. The van der Waals surface area contributed by atoms with E-state index < -0.39 is 0 Å². The summed E-state index contributed by atoms with van der Waals surface area (Å²) in [6.45, 7) is 3.32. The number of nitrogens with zero attached hydrogens (tertiary/aromatic N) is 1. The maximum absolute atomic E-state index is 12.6. The molecule has 0 unspecified atom stereocenters. The Morgan fingerprint density at radius 1 is 0.913 bits per heavy atom. The molecule has 1 aliphatic heterocycles. The maximum atomic E-state index is 12.6. The van der Waals surface area contributed by atoms with Gasteiger partial charge >= 0.3 is 0 Å². The molecule has 0 bridgehead atoms. The van der Waals surface area contributed by atoms with Crippen LogP contribution in [0.3, 0.4) is 0 Å². The van der Waals surface area contributed by atoms with E-state index in [0.717, 1.165) is 37.6 Å². The highest BCUT2D eigenvalue weighted by molar-refractivity contribution is 5.81. The SMILES string of the molecule is O=c1c(-c2ccc(N3CCOCC3)cc2)coc2ccccc12. The molecule has 0 amide bonds. The van der Waals surface area contributed by atoms with Crippen molar-refractivity contribution in [2.75, 3.05) is 31.2 Å². The summed E-state index contributed by atoms with van der Waals surface area (Å²) in [6.07, 6.45) is 1.55.